The van der Waals surface area contributed by atoms with Crippen molar-refractivity contribution in [1.82, 2.24) is 3.97 Å². The number of carboxylic acids is 1. The molecular formula is C11H11NO5S. The predicted octanol–water partition coefficient (Wildman–Crippen LogP) is 0.640. The fourth-order valence-electron chi connectivity index (χ4n) is 2.03. The Kier molecular flexibility index (Phi) is 2.88. The van der Waals surface area contributed by atoms with Crippen LogP contribution >= 0.6 is 0 Å². The standard InChI is InChI=1S/C11H11NO5S/c1-18(16,17)12-8-5-3-2-4-7(8)10(11(14)15)9(12)6-13/h2-5,13H,6H2,1H3,(H,14,15). The Hall–Kier alpha value is -1.86. The van der Waals surface area contributed by atoms with Crippen molar-refractivity contribution in [3.63, 3.8) is 0 Å². The van der Waals surface area contributed by atoms with Crippen molar-refractivity contribution in [2.75, 3.05) is 6.26 Å². The molecule has 1 aromatic carbocycles. The summed E-state index contributed by atoms with van der Waals surface area (Å²) in [5, 5.41) is 18.7. The summed E-state index contributed by atoms with van der Waals surface area (Å²) in [7, 11) is -3.69. The average Bonchev–Trinajstić information content (AvgIpc) is 2.62. The van der Waals surface area contributed by atoms with Crippen LogP contribution in [0.3, 0.4) is 0 Å². The number of benzene rings is 1. The van der Waals surface area contributed by atoms with Gasteiger partial charge in [-0.25, -0.2) is 17.2 Å². The number of aliphatic hydroxyl groups excluding tert-OH is 1. The second-order valence-corrected chi connectivity index (χ2v) is 5.66. The van der Waals surface area contributed by atoms with Crippen LogP contribution in [0, 0.1) is 0 Å². The normalized spacial score (nSPS) is 11.9. The van der Waals surface area contributed by atoms with Crippen LogP contribution in [0.4, 0.5) is 0 Å². The summed E-state index contributed by atoms with van der Waals surface area (Å²) in [6.07, 6.45) is 0.963. The lowest BCUT2D eigenvalue weighted by molar-refractivity contribution is 0.0695. The number of fused-ring (bicyclic) bond motifs is 1. The van der Waals surface area contributed by atoms with Crippen molar-refractivity contribution in [2.24, 2.45) is 0 Å². The van der Waals surface area contributed by atoms with Crippen LogP contribution in [0.5, 0.6) is 0 Å². The Balaban J connectivity index is 3.06. The van der Waals surface area contributed by atoms with Crippen molar-refractivity contribution < 1.29 is 23.4 Å². The van der Waals surface area contributed by atoms with Gasteiger partial charge in [0.1, 0.15) is 0 Å². The van der Waals surface area contributed by atoms with E-state index < -0.39 is 22.6 Å². The summed E-state index contributed by atoms with van der Waals surface area (Å²) in [5.74, 6) is -1.27. The molecule has 0 spiro atoms. The van der Waals surface area contributed by atoms with E-state index in [4.69, 9.17) is 5.11 Å². The first-order valence-electron chi connectivity index (χ1n) is 5.05. The minimum atomic E-state index is -3.69. The Labute approximate surface area is 103 Å². The number of hydrogen-bond acceptors (Lipinski definition) is 4. The van der Waals surface area contributed by atoms with Gasteiger partial charge in [-0.3, -0.25) is 0 Å². The highest BCUT2D eigenvalue weighted by Crippen LogP contribution is 2.27. The summed E-state index contributed by atoms with van der Waals surface area (Å²) in [5.41, 5.74) is -0.0637. The van der Waals surface area contributed by atoms with E-state index in [0.717, 1.165) is 10.2 Å². The zero-order valence-corrected chi connectivity index (χ0v) is 10.3. The number of carboxylic acid groups (broad SMARTS) is 1. The molecule has 0 unspecified atom stereocenters. The molecule has 0 saturated carbocycles. The van der Waals surface area contributed by atoms with Gasteiger partial charge in [0.25, 0.3) is 0 Å². The number of aliphatic hydroxyl groups is 1. The number of para-hydroxylation sites is 1. The molecule has 1 aromatic heterocycles. The molecule has 7 heteroatoms. The highest BCUT2D eigenvalue weighted by atomic mass is 32.2. The molecule has 6 nitrogen and oxygen atoms in total. The topological polar surface area (TPSA) is 96.6 Å². The maximum Gasteiger partial charge on any atom is 0.338 e. The van der Waals surface area contributed by atoms with Crippen molar-refractivity contribution in [3.05, 3.63) is 35.5 Å². The zero-order valence-electron chi connectivity index (χ0n) is 9.49. The van der Waals surface area contributed by atoms with E-state index in [0.29, 0.717) is 5.39 Å². The molecular weight excluding hydrogens is 258 g/mol. The first-order chi connectivity index (χ1) is 8.38. The molecule has 18 heavy (non-hydrogen) atoms. The van der Waals surface area contributed by atoms with Crippen LogP contribution in [0.25, 0.3) is 10.9 Å². The number of aromatic carboxylic acids is 1. The van der Waals surface area contributed by atoms with Gasteiger partial charge < -0.3 is 10.2 Å². The Morgan fingerprint density at radius 2 is 1.94 bits per heavy atom. The van der Waals surface area contributed by atoms with E-state index in [2.05, 4.69) is 0 Å². The van der Waals surface area contributed by atoms with E-state index in [-0.39, 0.29) is 16.8 Å². The van der Waals surface area contributed by atoms with Crippen molar-refractivity contribution >= 4 is 26.9 Å². The van der Waals surface area contributed by atoms with Crippen molar-refractivity contribution in [3.8, 4) is 0 Å². The Morgan fingerprint density at radius 1 is 1.33 bits per heavy atom. The Bertz CT molecular complexity index is 729. The van der Waals surface area contributed by atoms with Gasteiger partial charge in [-0.15, -0.1) is 0 Å². The number of nitrogens with zero attached hydrogens (tertiary/aromatic N) is 1. The van der Waals surface area contributed by atoms with Gasteiger partial charge in [-0.2, -0.15) is 0 Å². The summed E-state index contributed by atoms with van der Waals surface area (Å²) < 4.78 is 24.3. The molecule has 0 aliphatic heterocycles. The molecule has 0 atom stereocenters. The molecule has 2 rings (SSSR count). The summed E-state index contributed by atoms with van der Waals surface area (Å²) in [4.78, 5) is 11.2. The van der Waals surface area contributed by atoms with Gasteiger partial charge in [0.05, 0.1) is 29.6 Å². The van der Waals surface area contributed by atoms with Gasteiger partial charge >= 0.3 is 5.97 Å². The van der Waals surface area contributed by atoms with Gasteiger partial charge in [-0.05, 0) is 6.07 Å². The monoisotopic (exact) mass is 269 g/mol. The summed E-state index contributed by atoms with van der Waals surface area (Å²) >= 11 is 0. The Morgan fingerprint density at radius 3 is 2.44 bits per heavy atom. The molecule has 0 radical (unpaired) electrons. The van der Waals surface area contributed by atoms with E-state index >= 15 is 0 Å². The first-order valence-corrected chi connectivity index (χ1v) is 6.89. The maximum atomic E-state index is 11.7. The maximum absolute atomic E-state index is 11.7. The third-order valence-corrected chi connectivity index (χ3v) is 3.70. The smallest absolute Gasteiger partial charge is 0.338 e. The second kappa shape index (κ2) is 4.11. The molecule has 2 N–H and O–H groups in total. The van der Waals surface area contributed by atoms with E-state index in [1.54, 1.807) is 12.1 Å². The minimum Gasteiger partial charge on any atom is -0.478 e. The molecule has 0 amide bonds. The lowest BCUT2D eigenvalue weighted by atomic mass is 10.1. The summed E-state index contributed by atoms with van der Waals surface area (Å²) in [6, 6.07) is 6.24. The lowest BCUT2D eigenvalue weighted by Crippen LogP contribution is -2.14. The molecule has 0 aliphatic carbocycles. The average molecular weight is 269 g/mol. The van der Waals surface area contributed by atoms with Crippen LogP contribution in [-0.2, 0) is 16.6 Å². The van der Waals surface area contributed by atoms with E-state index in [9.17, 15) is 18.3 Å². The first kappa shape index (κ1) is 12.6. The van der Waals surface area contributed by atoms with Crippen LogP contribution in [-0.4, -0.2) is 34.8 Å². The van der Waals surface area contributed by atoms with E-state index in [1.165, 1.54) is 12.1 Å². The molecule has 0 fully saturated rings. The molecule has 96 valence electrons. The van der Waals surface area contributed by atoms with Gasteiger partial charge in [-0.1, -0.05) is 18.2 Å². The predicted molar refractivity (Wildman–Crippen MR) is 65.1 cm³/mol. The van der Waals surface area contributed by atoms with Crippen molar-refractivity contribution in [2.45, 2.75) is 6.61 Å². The van der Waals surface area contributed by atoms with Gasteiger partial charge in [0.15, 0.2) is 0 Å². The van der Waals surface area contributed by atoms with E-state index in [1.807, 2.05) is 0 Å². The molecule has 0 aliphatic rings. The fourth-order valence-corrected chi connectivity index (χ4v) is 3.09. The molecule has 1 heterocycles. The second-order valence-electron chi connectivity index (χ2n) is 3.83. The summed E-state index contributed by atoms with van der Waals surface area (Å²) in [6.45, 7) is -0.663. The minimum absolute atomic E-state index is 0.133. The lowest BCUT2D eigenvalue weighted by Gasteiger charge is -2.06. The number of rotatable bonds is 3. The quantitative estimate of drug-likeness (QED) is 0.852. The van der Waals surface area contributed by atoms with Gasteiger partial charge in [0, 0.05) is 5.39 Å². The molecule has 2 aromatic rings. The zero-order chi connectivity index (χ0) is 13.5. The molecule has 0 bridgehead atoms. The molecule has 0 saturated heterocycles. The fraction of sp³-hybridized carbons (Fsp3) is 0.182. The van der Waals surface area contributed by atoms with Crippen LogP contribution in [0.2, 0.25) is 0 Å². The van der Waals surface area contributed by atoms with Gasteiger partial charge in [0.2, 0.25) is 10.0 Å². The highest BCUT2D eigenvalue weighted by Gasteiger charge is 2.25. The largest absolute Gasteiger partial charge is 0.478 e. The highest BCUT2D eigenvalue weighted by molar-refractivity contribution is 7.89. The number of aromatic nitrogens is 1. The third kappa shape index (κ3) is 1.77. The number of carbonyl (C=O) groups is 1. The number of hydrogen-bond donors (Lipinski definition) is 2. The van der Waals surface area contributed by atoms with Crippen molar-refractivity contribution in [1.29, 1.82) is 0 Å². The van der Waals surface area contributed by atoms with Crippen LogP contribution < -0.4 is 0 Å². The SMILES string of the molecule is CS(=O)(=O)n1c(CO)c(C(=O)O)c2ccccc21. The van der Waals surface area contributed by atoms with Crippen LogP contribution in [0.15, 0.2) is 24.3 Å². The van der Waals surface area contributed by atoms with Crippen LogP contribution in [0.1, 0.15) is 16.1 Å². The third-order valence-electron chi connectivity index (χ3n) is 2.62.